The molecule has 1 aromatic carbocycles. The first-order chi connectivity index (χ1) is 10.1. The summed E-state index contributed by atoms with van der Waals surface area (Å²) in [5.74, 6) is -1.13. The Labute approximate surface area is 135 Å². The Morgan fingerprint density at radius 2 is 2.14 bits per heavy atom. The lowest BCUT2D eigenvalue weighted by atomic mass is 10.1. The standard InChI is InChI=1S/C12H14BrN3O5S/c1-7-2-9(13)4-10(16(18)19)12(7)15-5-8(3-11(15)17)6-22(14,20)21/h2,4,8H,3,5-6H2,1H3,(H2,14,20,21). The molecule has 0 radical (unpaired) electrons. The lowest BCUT2D eigenvalue weighted by Crippen LogP contribution is -2.28. The van der Waals surface area contributed by atoms with Crippen molar-refractivity contribution in [1.82, 2.24) is 0 Å². The Kier molecular flexibility index (Phi) is 4.54. The van der Waals surface area contributed by atoms with Crippen LogP contribution < -0.4 is 10.0 Å². The molecule has 0 bridgehead atoms. The number of amides is 1. The average molecular weight is 392 g/mol. The van der Waals surface area contributed by atoms with E-state index in [1.54, 1.807) is 13.0 Å². The number of halogens is 1. The van der Waals surface area contributed by atoms with Crippen molar-refractivity contribution in [2.45, 2.75) is 13.3 Å². The Bertz CT molecular complexity index is 749. The summed E-state index contributed by atoms with van der Waals surface area (Å²) in [4.78, 5) is 24.1. The van der Waals surface area contributed by atoms with E-state index in [0.29, 0.717) is 10.0 Å². The van der Waals surface area contributed by atoms with Crippen molar-refractivity contribution in [2.75, 3.05) is 17.2 Å². The van der Waals surface area contributed by atoms with E-state index in [-0.39, 0.29) is 36.0 Å². The van der Waals surface area contributed by atoms with E-state index in [1.807, 2.05) is 0 Å². The molecular weight excluding hydrogens is 378 g/mol. The molecule has 0 aromatic heterocycles. The van der Waals surface area contributed by atoms with Gasteiger partial charge < -0.3 is 4.90 Å². The van der Waals surface area contributed by atoms with Crippen LogP contribution in [0.1, 0.15) is 12.0 Å². The van der Waals surface area contributed by atoms with E-state index in [4.69, 9.17) is 5.14 Å². The molecule has 1 saturated heterocycles. The van der Waals surface area contributed by atoms with Crippen molar-refractivity contribution in [3.05, 3.63) is 32.3 Å². The maximum absolute atomic E-state index is 12.1. The average Bonchev–Trinajstić information content (AvgIpc) is 2.66. The van der Waals surface area contributed by atoms with Gasteiger partial charge in [0.1, 0.15) is 5.69 Å². The summed E-state index contributed by atoms with van der Waals surface area (Å²) in [5, 5.41) is 16.2. The summed E-state index contributed by atoms with van der Waals surface area (Å²) in [6, 6.07) is 2.99. The molecule has 10 heteroatoms. The zero-order chi connectivity index (χ0) is 16.7. The quantitative estimate of drug-likeness (QED) is 0.611. The monoisotopic (exact) mass is 391 g/mol. The number of benzene rings is 1. The van der Waals surface area contributed by atoms with Gasteiger partial charge in [-0.1, -0.05) is 15.9 Å². The first-order valence-electron chi connectivity index (χ1n) is 6.34. The number of primary sulfonamides is 1. The summed E-state index contributed by atoms with van der Waals surface area (Å²) in [7, 11) is -3.70. The van der Waals surface area contributed by atoms with Crippen LogP contribution in [0, 0.1) is 23.0 Å². The van der Waals surface area contributed by atoms with Gasteiger partial charge >= 0.3 is 0 Å². The predicted molar refractivity (Wildman–Crippen MR) is 84.0 cm³/mol. The molecular formula is C12H14BrN3O5S. The minimum Gasteiger partial charge on any atom is -0.306 e. The Morgan fingerprint density at radius 1 is 1.50 bits per heavy atom. The number of carbonyl (C=O) groups is 1. The SMILES string of the molecule is Cc1cc(Br)cc([N+](=O)[O-])c1N1CC(CS(N)(=O)=O)CC1=O. The maximum atomic E-state index is 12.1. The largest absolute Gasteiger partial charge is 0.306 e. The number of aryl methyl sites for hydroxylation is 1. The number of anilines is 1. The van der Waals surface area contributed by atoms with Gasteiger partial charge in [0.25, 0.3) is 5.69 Å². The van der Waals surface area contributed by atoms with Crippen LogP contribution in [0.25, 0.3) is 0 Å². The zero-order valence-electron chi connectivity index (χ0n) is 11.7. The summed E-state index contributed by atoms with van der Waals surface area (Å²) in [6.45, 7) is 1.76. The van der Waals surface area contributed by atoms with Gasteiger partial charge in [-0.15, -0.1) is 0 Å². The molecule has 1 atom stereocenters. The van der Waals surface area contributed by atoms with Crippen molar-refractivity contribution in [3.8, 4) is 0 Å². The second-order valence-electron chi connectivity index (χ2n) is 5.25. The summed E-state index contributed by atoms with van der Waals surface area (Å²) in [6.07, 6.45) is 0.00306. The van der Waals surface area contributed by atoms with Crippen LogP contribution in [-0.2, 0) is 14.8 Å². The number of sulfonamides is 1. The van der Waals surface area contributed by atoms with Crippen molar-refractivity contribution < 1.29 is 18.1 Å². The van der Waals surface area contributed by atoms with Gasteiger partial charge in [0.15, 0.2) is 0 Å². The number of hydrogen-bond donors (Lipinski definition) is 1. The molecule has 2 N–H and O–H groups in total. The molecule has 0 spiro atoms. The third-order valence-electron chi connectivity index (χ3n) is 3.38. The fourth-order valence-corrected chi connectivity index (χ4v) is 4.09. The number of nitro groups is 1. The predicted octanol–water partition coefficient (Wildman–Crippen LogP) is 1.31. The first-order valence-corrected chi connectivity index (χ1v) is 8.84. The molecule has 1 aliphatic rings. The first kappa shape index (κ1) is 16.8. The van der Waals surface area contributed by atoms with E-state index in [0.717, 1.165) is 0 Å². The Morgan fingerprint density at radius 3 is 2.68 bits per heavy atom. The fraction of sp³-hybridized carbons (Fsp3) is 0.417. The molecule has 1 amide bonds. The number of nitro benzene ring substituents is 1. The van der Waals surface area contributed by atoms with Gasteiger partial charge in [0, 0.05) is 29.4 Å². The molecule has 1 aromatic rings. The lowest BCUT2D eigenvalue weighted by molar-refractivity contribution is -0.384. The normalized spacial score (nSPS) is 18.8. The highest BCUT2D eigenvalue weighted by atomic mass is 79.9. The molecule has 1 heterocycles. The molecule has 0 aliphatic carbocycles. The van der Waals surface area contributed by atoms with Crippen molar-refractivity contribution >= 4 is 43.2 Å². The lowest BCUT2D eigenvalue weighted by Gasteiger charge is -2.19. The van der Waals surface area contributed by atoms with Crippen LogP contribution in [0.15, 0.2) is 16.6 Å². The number of rotatable bonds is 4. The minimum atomic E-state index is -3.70. The minimum absolute atomic E-state index is 0.00306. The van der Waals surface area contributed by atoms with Gasteiger partial charge in [-0.3, -0.25) is 14.9 Å². The molecule has 8 nitrogen and oxygen atoms in total. The van der Waals surface area contributed by atoms with Crippen molar-refractivity contribution in [2.24, 2.45) is 11.1 Å². The van der Waals surface area contributed by atoms with E-state index in [9.17, 15) is 23.3 Å². The Balaban J connectivity index is 2.40. The van der Waals surface area contributed by atoms with E-state index in [1.165, 1.54) is 11.0 Å². The van der Waals surface area contributed by atoms with E-state index < -0.39 is 20.9 Å². The smallest absolute Gasteiger partial charge is 0.294 e. The molecule has 1 fully saturated rings. The summed E-state index contributed by atoms with van der Waals surface area (Å²) in [5.41, 5.74) is 0.567. The summed E-state index contributed by atoms with van der Waals surface area (Å²) >= 11 is 3.19. The van der Waals surface area contributed by atoms with Crippen molar-refractivity contribution in [1.29, 1.82) is 0 Å². The van der Waals surface area contributed by atoms with Gasteiger partial charge in [-0.25, -0.2) is 13.6 Å². The van der Waals surface area contributed by atoms with E-state index in [2.05, 4.69) is 15.9 Å². The molecule has 1 aliphatic heterocycles. The van der Waals surface area contributed by atoms with Gasteiger partial charge in [-0.05, 0) is 18.6 Å². The maximum Gasteiger partial charge on any atom is 0.294 e. The number of nitrogens with two attached hydrogens (primary N) is 1. The van der Waals surface area contributed by atoms with Crippen LogP contribution in [0.5, 0.6) is 0 Å². The van der Waals surface area contributed by atoms with Gasteiger partial charge in [0.2, 0.25) is 15.9 Å². The van der Waals surface area contributed by atoms with Crippen LogP contribution in [-0.4, -0.2) is 31.5 Å². The number of nitrogens with zero attached hydrogens (tertiary/aromatic N) is 2. The molecule has 1 unspecified atom stereocenters. The number of carbonyl (C=O) groups excluding carboxylic acids is 1. The van der Waals surface area contributed by atoms with Crippen LogP contribution in [0.2, 0.25) is 0 Å². The second-order valence-corrected chi connectivity index (χ2v) is 7.83. The highest BCUT2D eigenvalue weighted by Gasteiger charge is 2.36. The van der Waals surface area contributed by atoms with Crippen molar-refractivity contribution in [3.63, 3.8) is 0 Å². The second kappa shape index (κ2) is 5.94. The molecule has 0 saturated carbocycles. The van der Waals surface area contributed by atoms with Crippen LogP contribution in [0.4, 0.5) is 11.4 Å². The molecule has 2 rings (SSSR count). The third kappa shape index (κ3) is 3.62. The zero-order valence-corrected chi connectivity index (χ0v) is 14.1. The van der Waals surface area contributed by atoms with E-state index >= 15 is 0 Å². The molecule has 22 heavy (non-hydrogen) atoms. The van der Waals surface area contributed by atoms with Crippen LogP contribution >= 0.6 is 15.9 Å². The summed E-state index contributed by atoms with van der Waals surface area (Å²) < 4.78 is 22.9. The molecule has 120 valence electrons. The number of hydrogen-bond acceptors (Lipinski definition) is 5. The van der Waals surface area contributed by atoms with Gasteiger partial charge in [0.05, 0.1) is 10.7 Å². The third-order valence-corrected chi connectivity index (χ3v) is 4.78. The Hall–Kier alpha value is -1.52. The van der Waals surface area contributed by atoms with Gasteiger partial charge in [-0.2, -0.15) is 0 Å². The highest BCUT2D eigenvalue weighted by molar-refractivity contribution is 9.10. The topological polar surface area (TPSA) is 124 Å². The van der Waals surface area contributed by atoms with Crippen LogP contribution in [0.3, 0.4) is 0 Å². The fourth-order valence-electron chi connectivity index (χ4n) is 2.65. The highest BCUT2D eigenvalue weighted by Crippen LogP contribution is 2.38.